The van der Waals surface area contributed by atoms with Crippen molar-refractivity contribution < 1.29 is 17.6 Å². The standard InChI is InChI=1S/C11H7F3N4OS2/c1-5-17-18-8(19-5)4-21-10-9(11(12,13)14)15-6-2-20-3-7(6)16-10/h2-3H,4H2,1H3. The van der Waals surface area contributed by atoms with Crippen LogP contribution in [0.25, 0.3) is 11.0 Å². The van der Waals surface area contributed by atoms with Gasteiger partial charge in [0.15, 0.2) is 5.69 Å². The highest BCUT2D eigenvalue weighted by Crippen LogP contribution is 2.36. The lowest BCUT2D eigenvalue weighted by atomic mass is 10.4. The molecule has 3 rings (SSSR count). The number of thiophene rings is 1. The van der Waals surface area contributed by atoms with Gasteiger partial charge < -0.3 is 4.42 Å². The first-order chi connectivity index (χ1) is 9.93. The predicted octanol–water partition coefficient (Wildman–Crippen LogP) is 3.69. The summed E-state index contributed by atoms with van der Waals surface area (Å²) in [7, 11) is 0. The molecule has 0 aliphatic heterocycles. The zero-order chi connectivity index (χ0) is 15.0. The SMILES string of the molecule is Cc1nnc(CSc2nc3cscc3nc2C(F)(F)F)o1. The quantitative estimate of drug-likeness (QED) is 0.682. The van der Waals surface area contributed by atoms with Gasteiger partial charge in [-0.3, -0.25) is 0 Å². The molecule has 0 bridgehead atoms. The molecule has 0 radical (unpaired) electrons. The highest BCUT2D eigenvalue weighted by molar-refractivity contribution is 7.98. The Bertz CT molecular complexity index is 783. The van der Waals surface area contributed by atoms with Crippen molar-refractivity contribution in [3.05, 3.63) is 28.2 Å². The summed E-state index contributed by atoms with van der Waals surface area (Å²) in [6, 6.07) is 0. The molecule has 0 saturated carbocycles. The maximum absolute atomic E-state index is 13.0. The summed E-state index contributed by atoms with van der Waals surface area (Å²) in [4.78, 5) is 7.68. The normalized spacial score (nSPS) is 12.2. The topological polar surface area (TPSA) is 64.7 Å². The molecule has 0 unspecified atom stereocenters. The van der Waals surface area contributed by atoms with Gasteiger partial charge in [0, 0.05) is 17.7 Å². The van der Waals surface area contributed by atoms with Crippen LogP contribution >= 0.6 is 23.1 Å². The van der Waals surface area contributed by atoms with Crippen LogP contribution in [0.5, 0.6) is 0 Å². The molecule has 0 fully saturated rings. The smallest absolute Gasteiger partial charge is 0.425 e. The summed E-state index contributed by atoms with van der Waals surface area (Å²) < 4.78 is 44.3. The lowest BCUT2D eigenvalue weighted by Crippen LogP contribution is -2.11. The van der Waals surface area contributed by atoms with Crippen molar-refractivity contribution in [2.75, 3.05) is 0 Å². The van der Waals surface area contributed by atoms with E-state index < -0.39 is 11.9 Å². The highest BCUT2D eigenvalue weighted by atomic mass is 32.2. The lowest BCUT2D eigenvalue weighted by Gasteiger charge is -2.10. The van der Waals surface area contributed by atoms with Crippen LogP contribution in [-0.2, 0) is 11.9 Å². The van der Waals surface area contributed by atoms with Gasteiger partial charge in [0.25, 0.3) is 0 Å². The van der Waals surface area contributed by atoms with Crippen LogP contribution in [0.1, 0.15) is 17.5 Å². The van der Waals surface area contributed by atoms with E-state index in [0.717, 1.165) is 11.8 Å². The second-order valence-corrected chi connectivity index (χ2v) is 5.73. The first-order valence-corrected chi connectivity index (χ1v) is 7.59. The molecule has 3 heterocycles. The van der Waals surface area contributed by atoms with E-state index >= 15 is 0 Å². The lowest BCUT2D eigenvalue weighted by molar-refractivity contribution is -0.143. The van der Waals surface area contributed by atoms with E-state index in [1.165, 1.54) is 16.7 Å². The Kier molecular flexibility index (Phi) is 3.57. The fourth-order valence-electron chi connectivity index (χ4n) is 1.59. The van der Waals surface area contributed by atoms with Gasteiger partial charge in [0.1, 0.15) is 16.1 Å². The van der Waals surface area contributed by atoms with Crippen molar-refractivity contribution in [3.8, 4) is 0 Å². The predicted molar refractivity (Wildman–Crippen MR) is 71.0 cm³/mol. The van der Waals surface area contributed by atoms with Gasteiger partial charge in [-0.2, -0.15) is 13.2 Å². The van der Waals surface area contributed by atoms with Gasteiger partial charge in [-0.25, -0.2) is 9.97 Å². The Morgan fingerprint density at radius 1 is 1.19 bits per heavy atom. The number of hydrogen-bond acceptors (Lipinski definition) is 7. The molecule has 10 heteroatoms. The van der Waals surface area contributed by atoms with Crippen LogP contribution in [0.15, 0.2) is 20.2 Å². The molecule has 5 nitrogen and oxygen atoms in total. The van der Waals surface area contributed by atoms with Crippen molar-refractivity contribution >= 4 is 34.1 Å². The van der Waals surface area contributed by atoms with E-state index in [-0.39, 0.29) is 22.2 Å². The Morgan fingerprint density at radius 2 is 1.90 bits per heavy atom. The number of aryl methyl sites for hydroxylation is 1. The van der Waals surface area contributed by atoms with Gasteiger partial charge >= 0.3 is 6.18 Å². The van der Waals surface area contributed by atoms with E-state index in [9.17, 15) is 13.2 Å². The maximum atomic E-state index is 13.0. The molecule has 0 aliphatic carbocycles. The fourth-order valence-corrected chi connectivity index (χ4v) is 3.10. The molecular weight excluding hydrogens is 325 g/mol. The number of rotatable bonds is 3. The fraction of sp³-hybridized carbons (Fsp3) is 0.273. The number of hydrogen-bond donors (Lipinski definition) is 0. The van der Waals surface area contributed by atoms with Crippen molar-refractivity contribution in [1.29, 1.82) is 0 Å². The third-order valence-electron chi connectivity index (χ3n) is 2.45. The molecule has 0 aliphatic rings. The molecular formula is C11H7F3N4OS2. The van der Waals surface area contributed by atoms with Crippen molar-refractivity contribution in [3.63, 3.8) is 0 Å². The number of fused-ring (bicyclic) bond motifs is 1. The van der Waals surface area contributed by atoms with Crippen molar-refractivity contribution in [2.24, 2.45) is 0 Å². The van der Waals surface area contributed by atoms with Crippen molar-refractivity contribution in [1.82, 2.24) is 20.2 Å². The average molecular weight is 332 g/mol. The summed E-state index contributed by atoms with van der Waals surface area (Å²) in [6.07, 6.45) is -4.56. The van der Waals surface area contributed by atoms with Crippen molar-refractivity contribution in [2.45, 2.75) is 23.9 Å². The maximum Gasteiger partial charge on any atom is 0.436 e. The summed E-state index contributed by atoms with van der Waals surface area (Å²) in [6.45, 7) is 1.61. The largest absolute Gasteiger partial charge is 0.436 e. The number of halogens is 3. The monoisotopic (exact) mass is 332 g/mol. The minimum Gasteiger partial charge on any atom is -0.425 e. The summed E-state index contributed by atoms with van der Waals surface area (Å²) in [5.74, 6) is 0.715. The highest BCUT2D eigenvalue weighted by Gasteiger charge is 2.37. The number of nitrogens with zero attached hydrogens (tertiary/aromatic N) is 4. The molecule has 0 aromatic carbocycles. The minimum atomic E-state index is -4.56. The second-order valence-electron chi connectivity index (χ2n) is 4.02. The number of aromatic nitrogens is 4. The van der Waals surface area contributed by atoms with E-state index in [4.69, 9.17) is 4.42 Å². The van der Waals surface area contributed by atoms with Crippen LogP contribution in [0.2, 0.25) is 0 Å². The van der Waals surface area contributed by atoms with E-state index in [1.807, 2.05) is 0 Å². The first-order valence-electron chi connectivity index (χ1n) is 5.66. The Balaban J connectivity index is 1.95. The van der Waals surface area contributed by atoms with Crippen LogP contribution < -0.4 is 0 Å². The summed E-state index contributed by atoms with van der Waals surface area (Å²) in [5, 5.41) is 10.4. The van der Waals surface area contributed by atoms with Crippen LogP contribution in [0.3, 0.4) is 0 Å². The average Bonchev–Trinajstić information content (AvgIpc) is 3.02. The molecule has 0 saturated heterocycles. The van der Waals surface area contributed by atoms with Gasteiger partial charge in [-0.05, 0) is 0 Å². The molecule has 0 spiro atoms. The second kappa shape index (κ2) is 5.26. The zero-order valence-electron chi connectivity index (χ0n) is 10.5. The number of thioether (sulfide) groups is 1. The Morgan fingerprint density at radius 3 is 2.52 bits per heavy atom. The number of alkyl halides is 3. The van der Waals surface area contributed by atoms with Crippen LogP contribution in [0, 0.1) is 6.92 Å². The molecule has 0 amide bonds. The Labute approximate surface area is 124 Å². The van der Waals surface area contributed by atoms with Gasteiger partial charge in [-0.1, -0.05) is 11.8 Å². The van der Waals surface area contributed by atoms with Crippen LogP contribution in [0.4, 0.5) is 13.2 Å². The summed E-state index contributed by atoms with van der Waals surface area (Å²) >= 11 is 2.13. The van der Waals surface area contributed by atoms with Gasteiger partial charge in [0.05, 0.1) is 5.75 Å². The molecule has 0 N–H and O–H groups in total. The molecule has 3 aromatic rings. The van der Waals surface area contributed by atoms with Gasteiger partial charge in [0.2, 0.25) is 11.8 Å². The van der Waals surface area contributed by atoms with Crippen LogP contribution in [-0.4, -0.2) is 20.2 Å². The minimum absolute atomic E-state index is 0.105. The third-order valence-corrected chi connectivity index (χ3v) is 4.12. The van der Waals surface area contributed by atoms with E-state index in [2.05, 4.69) is 20.2 Å². The zero-order valence-corrected chi connectivity index (χ0v) is 12.1. The Hall–Kier alpha value is -1.68. The third kappa shape index (κ3) is 3.00. The molecule has 0 atom stereocenters. The first kappa shape index (κ1) is 14.3. The molecule has 110 valence electrons. The summed E-state index contributed by atoms with van der Waals surface area (Å²) in [5.41, 5.74) is -0.308. The van der Waals surface area contributed by atoms with E-state index in [1.54, 1.807) is 12.3 Å². The van der Waals surface area contributed by atoms with Gasteiger partial charge in [-0.15, -0.1) is 21.5 Å². The molecule has 21 heavy (non-hydrogen) atoms. The molecule has 3 aromatic heterocycles. The van der Waals surface area contributed by atoms with E-state index in [0.29, 0.717) is 11.4 Å².